The van der Waals surface area contributed by atoms with Gasteiger partial charge in [0.25, 0.3) is 0 Å². The molecule has 0 atom stereocenters. The molecule has 12 heteroatoms. The van der Waals surface area contributed by atoms with Crippen LogP contribution in [0.1, 0.15) is 29.9 Å². The zero-order chi connectivity index (χ0) is 29.2. The summed E-state index contributed by atoms with van der Waals surface area (Å²) in [4.78, 5) is 19.9. The number of halogens is 2. The number of anilines is 2. The van der Waals surface area contributed by atoms with Gasteiger partial charge in [-0.15, -0.1) is 12.4 Å². The lowest BCUT2D eigenvalue weighted by atomic mass is 9.88. The molecule has 3 aromatic carbocycles. The van der Waals surface area contributed by atoms with E-state index in [2.05, 4.69) is 45.5 Å². The average molecular weight is 666 g/mol. The second kappa shape index (κ2) is 16.2. The van der Waals surface area contributed by atoms with E-state index < -0.39 is 10.0 Å². The Morgan fingerprint density at radius 2 is 1.57 bits per heavy atom. The van der Waals surface area contributed by atoms with Crippen molar-refractivity contribution >= 4 is 74.0 Å². The Bertz CT molecular complexity index is 1480. The minimum Gasteiger partial charge on any atom is -0.324 e. The highest BCUT2D eigenvalue weighted by molar-refractivity contribution is 7.98. The molecule has 0 fully saturated rings. The van der Waals surface area contributed by atoms with E-state index >= 15 is 0 Å². The van der Waals surface area contributed by atoms with Crippen LogP contribution in [0.15, 0.2) is 84.9 Å². The maximum atomic E-state index is 13.5. The Morgan fingerprint density at radius 1 is 0.976 bits per heavy atom. The van der Waals surface area contributed by atoms with Gasteiger partial charge in [0.15, 0.2) is 5.13 Å². The Labute approximate surface area is 267 Å². The van der Waals surface area contributed by atoms with Gasteiger partial charge in [-0.1, -0.05) is 95.7 Å². The van der Waals surface area contributed by atoms with Crippen molar-refractivity contribution in [2.45, 2.75) is 18.8 Å². The summed E-state index contributed by atoms with van der Waals surface area (Å²) in [5.41, 5.74) is 4.13. The first kappa shape index (κ1) is 33.7. The first-order chi connectivity index (χ1) is 19.7. The molecule has 42 heavy (non-hydrogen) atoms. The molecule has 1 aromatic heterocycles. The number of urea groups is 1. The Hall–Kier alpha value is -2.76. The van der Waals surface area contributed by atoms with Crippen LogP contribution in [-0.2, 0) is 10.0 Å². The van der Waals surface area contributed by atoms with Gasteiger partial charge < -0.3 is 4.90 Å². The first-order valence-electron chi connectivity index (χ1n) is 13.1. The second-order valence-corrected chi connectivity index (χ2v) is 13.9. The maximum absolute atomic E-state index is 13.5. The third-order valence-corrected chi connectivity index (χ3v) is 8.89. The summed E-state index contributed by atoms with van der Waals surface area (Å²) in [7, 11) is -3.37. The van der Waals surface area contributed by atoms with Crippen LogP contribution >= 0.6 is 47.1 Å². The lowest BCUT2D eigenvalue weighted by Gasteiger charge is -2.26. The number of rotatable bonds is 13. The Kier molecular flexibility index (Phi) is 13.0. The SMILES string of the molecule is CSCCCN(CCC(c1ccccc1)c1ccccc1)C(=O)Nc1nc(-c2ccc(NS(C)(=O)=O)cc2)c(Cl)s1.Cl. The molecule has 2 amide bonds. The maximum Gasteiger partial charge on any atom is 0.323 e. The molecule has 4 rings (SSSR count). The van der Waals surface area contributed by atoms with E-state index in [-0.39, 0.29) is 24.4 Å². The normalized spacial score (nSPS) is 11.1. The van der Waals surface area contributed by atoms with Crippen molar-refractivity contribution in [2.24, 2.45) is 0 Å². The van der Waals surface area contributed by atoms with Gasteiger partial charge in [-0.2, -0.15) is 11.8 Å². The molecule has 0 saturated carbocycles. The molecule has 0 saturated heterocycles. The molecule has 224 valence electrons. The average Bonchev–Trinajstić information content (AvgIpc) is 3.32. The van der Waals surface area contributed by atoms with Gasteiger partial charge in [0.1, 0.15) is 10.0 Å². The summed E-state index contributed by atoms with van der Waals surface area (Å²) in [5.74, 6) is 1.12. The van der Waals surface area contributed by atoms with Crippen LogP contribution in [0.5, 0.6) is 0 Å². The lowest BCUT2D eigenvalue weighted by Crippen LogP contribution is -2.37. The number of thioether (sulfide) groups is 1. The van der Waals surface area contributed by atoms with E-state index in [1.165, 1.54) is 22.5 Å². The van der Waals surface area contributed by atoms with E-state index in [9.17, 15) is 13.2 Å². The molecule has 1 heterocycles. The molecule has 4 aromatic rings. The molecule has 0 aliphatic heterocycles. The highest BCUT2D eigenvalue weighted by Gasteiger charge is 2.21. The molecule has 7 nitrogen and oxygen atoms in total. The fourth-order valence-corrected chi connectivity index (χ4v) is 6.57. The number of hydrogen-bond donors (Lipinski definition) is 2. The van der Waals surface area contributed by atoms with Crippen LogP contribution in [0.25, 0.3) is 11.3 Å². The predicted molar refractivity (Wildman–Crippen MR) is 181 cm³/mol. The van der Waals surface area contributed by atoms with Crippen molar-refractivity contribution in [1.82, 2.24) is 9.88 Å². The molecule has 0 spiro atoms. The van der Waals surface area contributed by atoms with E-state index in [0.717, 1.165) is 30.4 Å². The summed E-state index contributed by atoms with van der Waals surface area (Å²) >= 11 is 9.46. The molecular formula is C30H34Cl2N4O3S3. The second-order valence-electron chi connectivity index (χ2n) is 9.52. The molecule has 0 bridgehead atoms. The third-order valence-electron chi connectivity index (χ3n) is 6.42. The summed E-state index contributed by atoms with van der Waals surface area (Å²) in [5, 5.41) is 3.37. The van der Waals surface area contributed by atoms with E-state index in [0.29, 0.717) is 33.9 Å². The van der Waals surface area contributed by atoms with Crippen LogP contribution in [0, 0.1) is 0 Å². The van der Waals surface area contributed by atoms with Gasteiger partial charge in [-0.05, 0) is 48.1 Å². The van der Waals surface area contributed by atoms with Crippen molar-refractivity contribution < 1.29 is 13.2 Å². The topological polar surface area (TPSA) is 91.4 Å². The van der Waals surface area contributed by atoms with E-state index in [1.807, 2.05) is 41.3 Å². The number of nitrogens with one attached hydrogen (secondary N) is 2. The number of carbonyl (C=O) groups excluding carboxylic acids is 1. The van der Waals surface area contributed by atoms with Crippen molar-refractivity contribution in [3.05, 3.63) is 100 Å². The van der Waals surface area contributed by atoms with Crippen LogP contribution in [0.4, 0.5) is 15.6 Å². The van der Waals surface area contributed by atoms with Crippen molar-refractivity contribution in [2.75, 3.05) is 41.4 Å². The van der Waals surface area contributed by atoms with Gasteiger partial charge in [0, 0.05) is 30.3 Å². The van der Waals surface area contributed by atoms with Gasteiger partial charge >= 0.3 is 6.03 Å². The number of amides is 2. The van der Waals surface area contributed by atoms with Crippen LogP contribution < -0.4 is 10.0 Å². The number of aromatic nitrogens is 1. The third kappa shape index (κ3) is 9.91. The fraction of sp³-hybridized carbons (Fsp3) is 0.267. The minimum absolute atomic E-state index is 0. The zero-order valence-electron chi connectivity index (χ0n) is 23.3. The largest absolute Gasteiger partial charge is 0.324 e. The molecule has 0 aliphatic rings. The van der Waals surface area contributed by atoms with Crippen LogP contribution in [-0.4, -0.2) is 55.7 Å². The molecule has 0 unspecified atom stereocenters. The molecular weight excluding hydrogens is 631 g/mol. The van der Waals surface area contributed by atoms with Crippen molar-refractivity contribution in [3.8, 4) is 11.3 Å². The standard InChI is InChI=1S/C30H33ClN4O3S3.ClH/c1-39-21-9-19-35(20-18-26(22-10-5-3-6-11-22)23-12-7-4-8-13-23)30(36)33-29-32-27(28(31)40-29)24-14-16-25(17-15-24)34-41(2,37)38;/h3-8,10-17,26,34H,9,18-21H2,1-2H3,(H,32,33,36);1H. The van der Waals surface area contributed by atoms with Crippen molar-refractivity contribution in [1.29, 1.82) is 0 Å². The summed E-state index contributed by atoms with van der Waals surface area (Å²) in [6, 6.07) is 27.3. The summed E-state index contributed by atoms with van der Waals surface area (Å²) < 4.78 is 25.9. The van der Waals surface area contributed by atoms with E-state index in [4.69, 9.17) is 11.6 Å². The van der Waals surface area contributed by atoms with Crippen molar-refractivity contribution in [3.63, 3.8) is 0 Å². The summed E-state index contributed by atoms with van der Waals surface area (Å²) in [6.07, 6.45) is 4.82. The number of hydrogen-bond acceptors (Lipinski definition) is 6. The zero-order valence-corrected chi connectivity index (χ0v) is 27.3. The molecule has 0 radical (unpaired) electrons. The fourth-order valence-electron chi connectivity index (χ4n) is 4.51. The number of thiazole rings is 1. The van der Waals surface area contributed by atoms with E-state index in [1.54, 1.807) is 36.0 Å². The summed E-state index contributed by atoms with van der Waals surface area (Å²) in [6.45, 7) is 1.21. The van der Waals surface area contributed by atoms with Crippen LogP contribution in [0.2, 0.25) is 4.34 Å². The first-order valence-corrected chi connectivity index (χ1v) is 17.6. The lowest BCUT2D eigenvalue weighted by molar-refractivity contribution is 0.210. The van der Waals surface area contributed by atoms with Gasteiger partial charge in [-0.3, -0.25) is 10.0 Å². The van der Waals surface area contributed by atoms with Gasteiger partial charge in [0.2, 0.25) is 10.0 Å². The Balaban J connectivity index is 0.00000484. The molecule has 0 aliphatic carbocycles. The predicted octanol–water partition coefficient (Wildman–Crippen LogP) is 8.07. The number of nitrogens with zero attached hydrogens (tertiary/aromatic N) is 2. The number of benzene rings is 3. The minimum atomic E-state index is -3.37. The van der Waals surface area contributed by atoms with Gasteiger partial charge in [-0.25, -0.2) is 18.2 Å². The monoisotopic (exact) mass is 664 g/mol. The Morgan fingerprint density at radius 3 is 2.12 bits per heavy atom. The number of sulfonamides is 1. The smallest absolute Gasteiger partial charge is 0.323 e. The quantitative estimate of drug-likeness (QED) is 0.141. The highest BCUT2D eigenvalue weighted by Crippen LogP contribution is 2.36. The molecule has 2 N–H and O–H groups in total. The highest BCUT2D eigenvalue weighted by atomic mass is 35.5. The van der Waals surface area contributed by atoms with Gasteiger partial charge in [0.05, 0.1) is 6.26 Å². The number of carbonyl (C=O) groups is 1. The van der Waals surface area contributed by atoms with Crippen LogP contribution in [0.3, 0.4) is 0 Å².